The van der Waals surface area contributed by atoms with Gasteiger partial charge in [0.1, 0.15) is 5.82 Å². The van der Waals surface area contributed by atoms with Crippen molar-refractivity contribution in [1.82, 2.24) is 5.32 Å². The van der Waals surface area contributed by atoms with Crippen molar-refractivity contribution in [1.29, 1.82) is 0 Å². The standard InChI is InChI=1S/C14H17BrFNO2/c15-12-7-9(1-6-13(12)16)8-14(19)17-10-2-4-11(18)5-3-10/h1,6-7,10-11,18H,2-5,8H2,(H,17,19). The molecule has 1 fully saturated rings. The van der Waals surface area contributed by atoms with E-state index in [0.29, 0.717) is 4.47 Å². The van der Waals surface area contributed by atoms with Gasteiger partial charge in [-0.1, -0.05) is 6.07 Å². The fourth-order valence-corrected chi connectivity index (χ4v) is 2.76. The van der Waals surface area contributed by atoms with E-state index in [0.717, 1.165) is 31.2 Å². The number of nitrogens with one attached hydrogen (secondary N) is 1. The van der Waals surface area contributed by atoms with E-state index in [-0.39, 0.29) is 30.3 Å². The van der Waals surface area contributed by atoms with Crippen LogP contribution >= 0.6 is 15.9 Å². The van der Waals surface area contributed by atoms with E-state index >= 15 is 0 Å². The van der Waals surface area contributed by atoms with Crippen molar-refractivity contribution in [3.05, 3.63) is 34.1 Å². The Morgan fingerprint density at radius 2 is 2.05 bits per heavy atom. The van der Waals surface area contributed by atoms with Crippen molar-refractivity contribution in [2.24, 2.45) is 0 Å². The van der Waals surface area contributed by atoms with E-state index in [4.69, 9.17) is 0 Å². The molecule has 3 nitrogen and oxygen atoms in total. The Morgan fingerprint density at radius 1 is 1.37 bits per heavy atom. The van der Waals surface area contributed by atoms with Gasteiger partial charge in [-0.15, -0.1) is 0 Å². The average Bonchev–Trinajstić information content (AvgIpc) is 2.37. The van der Waals surface area contributed by atoms with Crippen LogP contribution in [0, 0.1) is 5.82 Å². The van der Waals surface area contributed by atoms with Gasteiger partial charge in [-0.05, 0) is 59.3 Å². The summed E-state index contributed by atoms with van der Waals surface area (Å²) in [6.45, 7) is 0. The molecule has 0 atom stereocenters. The Hall–Kier alpha value is -0.940. The van der Waals surface area contributed by atoms with Crippen molar-refractivity contribution in [3.8, 4) is 0 Å². The molecule has 0 unspecified atom stereocenters. The van der Waals surface area contributed by atoms with E-state index < -0.39 is 0 Å². The van der Waals surface area contributed by atoms with Crippen LogP contribution in [0.1, 0.15) is 31.2 Å². The molecular weight excluding hydrogens is 313 g/mol. The third kappa shape index (κ3) is 4.28. The molecule has 1 amide bonds. The van der Waals surface area contributed by atoms with Gasteiger partial charge in [-0.2, -0.15) is 0 Å². The predicted octanol–water partition coefficient (Wildman–Crippen LogP) is 2.55. The smallest absolute Gasteiger partial charge is 0.224 e. The van der Waals surface area contributed by atoms with Crippen LogP contribution in [0.3, 0.4) is 0 Å². The van der Waals surface area contributed by atoms with Crippen molar-refractivity contribution < 1.29 is 14.3 Å². The molecule has 1 saturated carbocycles. The highest BCUT2D eigenvalue weighted by Crippen LogP contribution is 2.19. The second-order valence-corrected chi connectivity index (χ2v) is 5.85. The fraction of sp³-hybridized carbons (Fsp3) is 0.500. The molecule has 0 radical (unpaired) electrons. The summed E-state index contributed by atoms with van der Waals surface area (Å²) in [4.78, 5) is 11.9. The maximum absolute atomic E-state index is 13.1. The summed E-state index contributed by atoms with van der Waals surface area (Å²) in [5.74, 6) is -0.384. The third-order valence-electron chi connectivity index (χ3n) is 3.41. The van der Waals surface area contributed by atoms with Crippen LogP contribution in [-0.2, 0) is 11.2 Å². The molecule has 0 heterocycles. The summed E-state index contributed by atoms with van der Waals surface area (Å²) >= 11 is 3.11. The fourth-order valence-electron chi connectivity index (χ4n) is 2.33. The third-order valence-corrected chi connectivity index (χ3v) is 4.02. The summed E-state index contributed by atoms with van der Waals surface area (Å²) < 4.78 is 13.4. The van der Waals surface area contributed by atoms with Crippen molar-refractivity contribution in [2.45, 2.75) is 44.2 Å². The monoisotopic (exact) mass is 329 g/mol. The molecule has 1 aromatic carbocycles. The van der Waals surface area contributed by atoms with Gasteiger partial charge in [-0.25, -0.2) is 4.39 Å². The summed E-state index contributed by atoms with van der Waals surface area (Å²) in [7, 11) is 0. The molecule has 2 N–H and O–H groups in total. The van der Waals surface area contributed by atoms with Gasteiger partial charge in [0.05, 0.1) is 17.0 Å². The van der Waals surface area contributed by atoms with Crippen LogP contribution in [0.5, 0.6) is 0 Å². The minimum atomic E-state index is -0.328. The molecule has 1 aliphatic rings. The van der Waals surface area contributed by atoms with Gasteiger partial charge in [-0.3, -0.25) is 4.79 Å². The van der Waals surface area contributed by atoms with Crippen LogP contribution in [0.4, 0.5) is 4.39 Å². The average molecular weight is 330 g/mol. The molecule has 19 heavy (non-hydrogen) atoms. The van der Waals surface area contributed by atoms with E-state index in [1.807, 2.05) is 0 Å². The van der Waals surface area contributed by atoms with Crippen molar-refractivity contribution in [3.63, 3.8) is 0 Å². The molecule has 1 aromatic rings. The maximum Gasteiger partial charge on any atom is 0.224 e. The Labute approximate surface area is 120 Å². The summed E-state index contributed by atoms with van der Waals surface area (Å²) in [5.41, 5.74) is 0.779. The van der Waals surface area contributed by atoms with Gasteiger partial charge >= 0.3 is 0 Å². The number of carbonyl (C=O) groups is 1. The number of benzene rings is 1. The Balaban J connectivity index is 1.85. The second kappa shape index (κ2) is 6.48. The molecule has 0 spiro atoms. The minimum Gasteiger partial charge on any atom is -0.393 e. The SMILES string of the molecule is O=C(Cc1ccc(F)c(Br)c1)NC1CCC(O)CC1. The van der Waals surface area contributed by atoms with Gasteiger partial charge in [0, 0.05) is 6.04 Å². The number of rotatable bonds is 3. The molecule has 0 aromatic heterocycles. The lowest BCUT2D eigenvalue weighted by Gasteiger charge is -2.26. The number of amides is 1. The Kier molecular flexibility index (Phi) is 4.93. The lowest BCUT2D eigenvalue weighted by Crippen LogP contribution is -2.39. The first-order valence-corrected chi connectivity index (χ1v) is 7.25. The molecular formula is C14H17BrFNO2. The minimum absolute atomic E-state index is 0.0557. The van der Waals surface area contributed by atoms with Gasteiger partial charge in [0.15, 0.2) is 0 Å². The zero-order chi connectivity index (χ0) is 13.8. The molecule has 0 bridgehead atoms. The number of carbonyl (C=O) groups excluding carboxylic acids is 1. The zero-order valence-electron chi connectivity index (χ0n) is 10.5. The van der Waals surface area contributed by atoms with Gasteiger partial charge < -0.3 is 10.4 Å². The number of hydrogen-bond acceptors (Lipinski definition) is 2. The number of hydrogen-bond donors (Lipinski definition) is 2. The van der Waals surface area contributed by atoms with E-state index in [1.54, 1.807) is 12.1 Å². The van der Waals surface area contributed by atoms with Gasteiger partial charge in [0.2, 0.25) is 5.91 Å². The van der Waals surface area contributed by atoms with Crippen LogP contribution in [-0.4, -0.2) is 23.2 Å². The lowest BCUT2D eigenvalue weighted by atomic mass is 9.93. The summed E-state index contributed by atoms with van der Waals surface area (Å²) in [6, 6.07) is 4.74. The van der Waals surface area contributed by atoms with Crippen molar-refractivity contribution >= 4 is 21.8 Å². The molecule has 2 rings (SSSR count). The predicted molar refractivity (Wildman–Crippen MR) is 74.2 cm³/mol. The summed E-state index contributed by atoms with van der Waals surface area (Å²) in [5, 5.41) is 12.4. The second-order valence-electron chi connectivity index (χ2n) is 5.00. The zero-order valence-corrected chi connectivity index (χ0v) is 12.1. The lowest BCUT2D eigenvalue weighted by molar-refractivity contribution is -0.121. The van der Waals surface area contributed by atoms with Crippen molar-refractivity contribution in [2.75, 3.05) is 0 Å². The number of aliphatic hydroxyl groups excluding tert-OH is 1. The van der Waals surface area contributed by atoms with E-state index in [2.05, 4.69) is 21.2 Å². The first kappa shape index (κ1) is 14.5. The molecule has 0 aliphatic heterocycles. The Bertz CT molecular complexity index is 459. The topological polar surface area (TPSA) is 49.3 Å². The molecule has 1 aliphatic carbocycles. The first-order valence-electron chi connectivity index (χ1n) is 6.46. The van der Waals surface area contributed by atoms with E-state index in [9.17, 15) is 14.3 Å². The largest absolute Gasteiger partial charge is 0.393 e. The first-order chi connectivity index (χ1) is 9.04. The van der Waals surface area contributed by atoms with Crippen LogP contribution in [0.25, 0.3) is 0 Å². The summed E-state index contributed by atoms with van der Waals surface area (Å²) in [6.07, 6.45) is 3.15. The number of aliphatic hydroxyl groups is 1. The maximum atomic E-state index is 13.1. The normalized spacial score (nSPS) is 23.1. The van der Waals surface area contributed by atoms with Crippen LogP contribution in [0.15, 0.2) is 22.7 Å². The van der Waals surface area contributed by atoms with E-state index in [1.165, 1.54) is 6.07 Å². The molecule has 5 heteroatoms. The molecule has 104 valence electrons. The van der Waals surface area contributed by atoms with Crippen LogP contribution in [0.2, 0.25) is 0 Å². The highest BCUT2D eigenvalue weighted by molar-refractivity contribution is 9.10. The Morgan fingerprint density at radius 3 is 2.68 bits per heavy atom. The highest BCUT2D eigenvalue weighted by atomic mass is 79.9. The van der Waals surface area contributed by atoms with Gasteiger partial charge in [0.25, 0.3) is 0 Å². The molecule has 0 saturated heterocycles. The quantitative estimate of drug-likeness (QED) is 0.895. The highest BCUT2D eigenvalue weighted by Gasteiger charge is 2.20. The van der Waals surface area contributed by atoms with Crippen LogP contribution < -0.4 is 5.32 Å². The number of halogens is 2.